The van der Waals surface area contributed by atoms with E-state index < -0.39 is 5.97 Å². The number of carbonyl (C=O) groups excluding carboxylic acids is 1. The van der Waals surface area contributed by atoms with Crippen LogP contribution in [0.2, 0.25) is 0 Å². The Morgan fingerprint density at radius 3 is 2.77 bits per heavy atom. The number of fused-ring (bicyclic) bond motifs is 1. The smallest absolute Gasteiger partial charge is 0.339 e. The van der Waals surface area contributed by atoms with Crippen molar-refractivity contribution >= 4 is 22.8 Å². The lowest BCUT2D eigenvalue weighted by Gasteiger charge is -2.15. The maximum absolute atomic E-state index is 12.3. The molecule has 0 radical (unpaired) electrons. The number of aromatic carboxylic acids is 1. The topological polar surface area (TPSA) is 86.5 Å². The van der Waals surface area contributed by atoms with Crippen molar-refractivity contribution in [3.63, 3.8) is 0 Å². The van der Waals surface area contributed by atoms with Gasteiger partial charge in [-0.15, -0.1) is 0 Å². The number of aryl methyl sites for hydroxylation is 2. The lowest BCUT2D eigenvalue weighted by atomic mass is 10.1. The van der Waals surface area contributed by atoms with Gasteiger partial charge in [0, 0.05) is 30.6 Å². The fraction of sp³-hybridized carbons (Fsp3) is 0.300. The van der Waals surface area contributed by atoms with Crippen LogP contribution in [0.3, 0.4) is 0 Å². The molecule has 0 aliphatic heterocycles. The summed E-state index contributed by atoms with van der Waals surface area (Å²) < 4.78 is 5.43. The van der Waals surface area contributed by atoms with Crippen molar-refractivity contribution < 1.29 is 19.1 Å². The third-order valence-electron chi connectivity index (χ3n) is 4.53. The molecule has 0 atom stereocenters. The molecule has 0 unspecified atom stereocenters. The SMILES string of the molecule is Cc1oc(CN(C)C(=O)CCCc2c[nH]c3ccccc23)cc1C(=O)O. The second-order valence-electron chi connectivity index (χ2n) is 6.45. The van der Waals surface area contributed by atoms with Crippen molar-refractivity contribution in [1.82, 2.24) is 9.88 Å². The van der Waals surface area contributed by atoms with Gasteiger partial charge in [0.2, 0.25) is 5.91 Å². The Balaban J connectivity index is 1.53. The van der Waals surface area contributed by atoms with Gasteiger partial charge in [-0.1, -0.05) is 18.2 Å². The lowest BCUT2D eigenvalue weighted by molar-refractivity contribution is -0.130. The summed E-state index contributed by atoms with van der Waals surface area (Å²) in [4.78, 5) is 28.2. The molecule has 0 aliphatic carbocycles. The summed E-state index contributed by atoms with van der Waals surface area (Å²) in [5, 5.41) is 10.3. The number of rotatable bonds is 7. The molecule has 0 bridgehead atoms. The molecule has 2 N–H and O–H groups in total. The van der Waals surface area contributed by atoms with E-state index in [0.29, 0.717) is 17.9 Å². The van der Waals surface area contributed by atoms with Crippen molar-refractivity contribution in [1.29, 1.82) is 0 Å². The number of carboxylic acid groups (broad SMARTS) is 1. The molecule has 0 saturated heterocycles. The number of carbonyl (C=O) groups is 2. The van der Waals surface area contributed by atoms with Crippen LogP contribution in [0.5, 0.6) is 0 Å². The lowest BCUT2D eigenvalue weighted by Crippen LogP contribution is -2.25. The van der Waals surface area contributed by atoms with Crippen molar-refractivity contribution in [2.75, 3.05) is 7.05 Å². The molecule has 0 fully saturated rings. The highest BCUT2D eigenvalue weighted by molar-refractivity contribution is 5.88. The number of hydrogen-bond donors (Lipinski definition) is 2. The number of nitrogens with zero attached hydrogens (tertiary/aromatic N) is 1. The highest BCUT2D eigenvalue weighted by Crippen LogP contribution is 2.20. The normalized spacial score (nSPS) is 11.0. The van der Waals surface area contributed by atoms with Crippen LogP contribution in [0.25, 0.3) is 10.9 Å². The number of amides is 1. The predicted molar refractivity (Wildman–Crippen MR) is 98.1 cm³/mol. The third kappa shape index (κ3) is 3.79. The molecule has 1 aromatic carbocycles. The number of furan rings is 1. The zero-order valence-electron chi connectivity index (χ0n) is 14.9. The Labute approximate surface area is 151 Å². The molecule has 3 rings (SSSR count). The first kappa shape index (κ1) is 17.8. The minimum absolute atomic E-state index is 0.00997. The summed E-state index contributed by atoms with van der Waals surface area (Å²) in [6.07, 6.45) is 4.01. The van der Waals surface area contributed by atoms with Crippen LogP contribution in [0.4, 0.5) is 0 Å². The number of aromatic amines is 1. The number of nitrogens with one attached hydrogen (secondary N) is 1. The average Bonchev–Trinajstić information content (AvgIpc) is 3.18. The quantitative estimate of drug-likeness (QED) is 0.676. The van der Waals surface area contributed by atoms with Crippen LogP contribution in [0.15, 0.2) is 40.9 Å². The van der Waals surface area contributed by atoms with Gasteiger partial charge in [0.25, 0.3) is 0 Å². The van der Waals surface area contributed by atoms with E-state index in [1.165, 1.54) is 17.0 Å². The van der Waals surface area contributed by atoms with Gasteiger partial charge in [0.05, 0.1) is 6.54 Å². The van der Waals surface area contributed by atoms with Crippen LogP contribution < -0.4 is 0 Å². The molecule has 6 nitrogen and oxygen atoms in total. The molecular weight excluding hydrogens is 332 g/mol. The number of H-pyrrole nitrogens is 1. The molecule has 2 aromatic heterocycles. The second kappa shape index (κ2) is 7.47. The zero-order chi connectivity index (χ0) is 18.7. The van der Waals surface area contributed by atoms with Gasteiger partial charge in [-0.25, -0.2) is 4.79 Å². The maximum atomic E-state index is 12.3. The van der Waals surface area contributed by atoms with E-state index in [4.69, 9.17) is 9.52 Å². The Morgan fingerprint density at radius 2 is 2.04 bits per heavy atom. The zero-order valence-corrected chi connectivity index (χ0v) is 14.9. The molecule has 26 heavy (non-hydrogen) atoms. The van der Waals surface area contributed by atoms with E-state index in [9.17, 15) is 9.59 Å². The van der Waals surface area contributed by atoms with Crippen LogP contribution in [-0.2, 0) is 17.8 Å². The van der Waals surface area contributed by atoms with Crippen molar-refractivity contribution in [3.05, 3.63) is 59.2 Å². The van der Waals surface area contributed by atoms with Crippen LogP contribution in [0.1, 0.15) is 40.3 Å². The minimum Gasteiger partial charge on any atom is -0.478 e. The number of carboxylic acids is 1. The summed E-state index contributed by atoms with van der Waals surface area (Å²) in [6.45, 7) is 1.87. The fourth-order valence-corrected chi connectivity index (χ4v) is 3.12. The molecule has 0 saturated carbocycles. The number of hydrogen-bond acceptors (Lipinski definition) is 3. The summed E-state index contributed by atoms with van der Waals surface area (Å²) >= 11 is 0. The Bertz CT molecular complexity index is 938. The van der Waals surface area contributed by atoms with Gasteiger partial charge in [0.15, 0.2) is 0 Å². The summed E-state index contributed by atoms with van der Waals surface area (Å²) in [5.74, 6) is -0.180. The van der Waals surface area contributed by atoms with Gasteiger partial charge in [0.1, 0.15) is 17.1 Å². The number of benzene rings is 1. The van der Waals surface area contributed by atoms with Crippen molar-refractivity contribution in [3.8, 4) is 0 Å². The molecule has 2 heterocycles. The molecule has 6 heteroatoms. The van der Waals surface area contributed by atoms with Crippen molar-refractivity contribution in [2.24, 2.45) is 0 Å². The second-order valence-corrected chi connectivity index (χ2v) is 6.45. The molecule has 0 aliphatic rings. The molecule has 3 aromatic rings. The Kier molecular flexibility index (Phi) is 5.11. The molecular formula is C20H22N2O4. The largest absolute Gasteiger partial charge is 0.478 e. The summed E-state index contributed by atoms with van der Waals surface area (Å²) in [5.41, 5.74) is 2.46. The van der Waals surface area contributed by atoms with Gasteiger partial charge in [-0.3, -0.25) is 4.79 Å². The maximum Gasteiger partial charge on any atom is 0.339 e. The van der Waals surface area contributed by atoms with E-state index in [0.717, 1.165) is 18.4 Å². The van der Waals surface area contributed by atoms with E-state index in [2.05, 4.69) is 11.1 Å². The molecule has 136 valence electrons. The van der Waals surface area contributed by atoms with Gasteiger partial charge in [-0.05, 0) is 37.5 Å². The highest BCUT2D eigenvalue weighted by Gasteiger charge is 2.17. The van der Waals surface area contributed by atoms with Gasteiger partial charge < -0.3 is 19.4 Å². The third-order valence-corrected chi connectivity index (χ3v) is 4.53. The summed E-state index contributed by atoms with van der Waals surface area (Å²) in [7, 11) is 1.70. The first-order valence-electron chi connectivity index (χ1n) is 8.57. The molecule has 0 spiro atoms. The fourth-order valence-electron chi connectivity index (χ4n) is 3.12. The predicted octanol–water partition coefficient (Wildman–Crippen LogP) is 3.75. The number of aromatic nitrogens is 1. The van der Waals surface area contributed by atoms with E-state index in [-0.39, 0.29) is 18.0 Å². The van der Waals surface area contributed by atoms with Crippen molar-refractivity contribution in [2.45, 2.75) is 32.7 Å². The first-order valence-corrected chi connectivity index (χ1v) is 8.57. The van der Waals surface area contributed by atoms with E-state index in [1.54, 1.807) is 18.9 Å². The number of para-hydroxylation sites is 1. The van der Waals surface area contributed by atoms with E-state index in [1.807, 2.05) is 24.4 Å². The standard InChI is InChI=1S/C20H22N2O4/c1-13-17(20(24)25)10-15(26-13)12-22(2)19(23)9-5-6-14-11-21-18-8-4-3-7-16(14)18/h3-4,7-8,10-11,21H,5-6,9,12H2,1-2H3,(H,24,25). The Hall–Kier alpha value is -3.02. The summed E-state index contributed by atoms with van der Waals surface area (Å²) in [6, 6.07) is 9.60. The average molecular weight is 354 g/mol. The minimum atomic E-state index is -1.02. The van der Waals surface area contributed by atoms with Crippen LogP contribution >= 0.6 is 0 Å². The van der Waals surface area contributed by atoms with Gasteiger partial charge >= 0.3 is 5.97 Å². The molecule has 1 amide bonds. The van der Waals surface area contributed by atoms with Crippen LogP contribution in [0, 0.1) is 6.92 Å². The van der Waals surface area contributed by atoms with E-state index >= 15 is 0 Å². The highest BCUT2D eigenvalue weighted by atomic mass is 16.4. The monoisotopic (exact) mass is 354 g/mol. The van der Waals surface area contributed by atoms with Crippen LogP contribution in [-0.4, -0.2) is 33.9 Å². The first-order chi connectivity index (χ1) is 12.5. The Morgan fingerprint density at radius 1 is 1.27 bits per heavy atom. The van der Waals surface area contributed by atoms with Gasteiger partial charge in [-0.2, -0.15) is 0 Å².